The minimum Gasteiger partial charge on any atom is -0.351 e. The second-order valence-electron chi connectivity index (χ2n) is 8.74. The molecule has 1 saturated carbocycles. The molecule has 2 amide bonds. The van der Waals surface area contributed by atoms with Crippen molar-refractivity contribution in [3.05, 3.63) is 64.9 Å². The monoisotopic (exact) mass is 522 g/mol. The number of halogens is 2. The van der Waals surface area contributed by atoms with Crippen LogP contribution < -0.4 is 14.9 Å². The fourth-order valence-corrected chi connectivity index (χ4v) is 5.58. The molecule has 2 N–H and O–H groups in total. The van der Waals surface area contributed by atoms with Crippen LogP contribution in [-0.4, -0.2) is 50.2 Å². The molecule has 1 saturated heterocycles. The molecule has 1 aliphatic carbocycles. The van der Waals surface area contributed by atoms with E-state index in [1.54, 1.807) is 24.3 Å². The normalized spacial score (nSPS) is 17.5. The van der Waals surface area contributed by atoms with Crippen LogP contribution >= 0.6 is 11.6 Å². The molecule has 1 aliphatic heterocycles. The highest BCUT2D eigenvalue weighted by Crippen LogP contribution is 2.33. The third-order valence-electron chi connectivity index (χ3n) is 6.16. The van der Waals surface area contributed by atoms with Gasteiger partial charge in [-0.3, -0.25) is 14.5 Å². The Morgan fingerprint density at radius 3 is 2.46 bits per heavy atom. The predicted octanol–water partition coefficient (Wildman–Crippen LogP) is 3.15. The van der Waals surface area contributed by atoms with Gasteiger partial charge in [0, 0.05) is 35.4 Å². The summed E-state index contributed by atoms with van der Waals surface area (Å²) in [6.07, 6.45) is 4.74. The van der Waals surface area contributed by atoms with Crippen LogP contribution in [0.2, 0.25) is 5.02 Å². The SMILES string of the molecule is O=C(NC1CCCCC1)C(c1ccccc1Cl)N(C(=O)CNS(=O)(=O)N1CC1)c1cccc(F)c1. The summed E-state index contributed by atoms with van der Waals surface area (Å²) in [5.74, 6) is -1.78. The Balaban J connectivity index is 1.71. The lowest BCUT2D eigenvalue weighted by Crippen LogP contribution is -2.50. The number of hydrogen-bond donors (Lipinski definition) is 2. The van der Waals surface area contributed by atoms with E-state index in [-0.39, 0.29) is 16.8 Å². The molecule has 8 nitrogen and oxygen atoms in total. The second-order valence-corrected chi connectivity index (χ2v) is 10.9. The van der Waals surface area contributed by atoms with Crippen LogP contribution in [0.1, 0.15) is 43.7 Å². The summed E-state index contributed by atoms with van der Waals surface area (Å²) >= 11 is 6.46. The standard InChI is InChI=1S/C24H28ClFN4O4S/c25-21-12-5-4-11-20(21)23(24(32)28-18-8-2-1-3-9-18)30(19-10-6-7-17(26)15-19)22(31)16-27-35(33,34)29-13-14-29/h4-7,10-12,15,18,23,27H,1-3,8-9,13-14,16H2,(H,28,32). The molecule has 1 heterocycles. The minimum atomic E-state index is -3.81. The fraction of sp³-hybridized carbons (Fsp3) is 0.417. The van der Waals surface area contributed by atoms with Crippen molar-refractivity contribution in [3.63, 3.8) is 0 Å². The summed E-state index contributed by atoms with van der Waals surface area (Å²) < 4.78 is 42.2. The lowest BCUT2D eigenvalue weighted by atomic mass is 9.94. The molecule has 11 heteroatoms. The second kappa shape index (κ2) is 11.0. The number of nitrogens with zero attached hydrogens (tertiary/aromatic N) is 2. The molecule has 2 aromatic carbocycles. The summed E-state index contributed by atoms with van der Waals surface area (Å²) in [6, 6.07) is 10.6. The average molecular weight is 523 g/mol. The first-order valence-electron chi connectivity index (χ1n) is 11.6. The Labute approximate surface area is 209 Å². The lowest BCUT2D eigenvalue weighted by molar-refractivity contribution is -0.127. The summed E-state index contributed by atoms with van der Waals surface area (Å²) in [4.78, 5) is 28.3. The van der Waals surface area contributed by atoms with Gasteiger partial charge in [0.05, 0.1) is 6.54 Å². The van der Waals surface area contributed by atoms with E-state index < -0.39 is 40.4 Å². The Morgan fingerprint density at radius 1 is 1.09 bits per heavy atom. The molecule has 2 fully saturated rings. The van der Waals surface area contributed by atoms with Gasteiger partial charge in [0.15, 0.2) is 0 Å². The number of carbonyl (C=O) groups is 2. The van der Waals surface area contributed by atoms with E-state index in [2.05, 4.69) is 10.0 Å². The maximum atomic E-state index is 14.2. The molecule has 0 spiro atoms. The Morgan fingerprint density at radius 2 is 1.80 bits per heavy atom. The smallest absolute Gasteiger partial charge is 0.280 e. The van der Waals surface area contributed by atoms with E-state index in [1.165, 1.54) is 22.5 Å². The highest BCUT2D eigenvalue weighted by Gasteiger charge is 2.37. The van der Waals surface area contributed by atoms with Crippen LogP contribution in [0, 0.1) is 5.82 Å². The van der Waals surface area contributed by atoms with E-state index in [0.29, 0.717) is 18.7 Å². The number of rotatable bonds is 9. The van der Waals surface area contributed by atoms with Gasteiger partial charge in [-0.1, -0.05) is 55.1 Å². The first-order chi connectivity index (χ1) is 16.8. The molecule has 4 rings (SSSR count). The maximum absolute atomic E-state index is 14.2. The quantitative estimate of drug-likeness (QED) is 0.494. The van der Waals surface area contributed by atoms with Crippen molar-refractivity contribution >= 4 is 39.3 Å². The van der Waals surface area contributed by atoms with Gasteiger partial charge >= 0.3 is 0 Å². The van der Waals surface area contributed by atoms with Crippen molar-refractivity contribution < 1.29 is 22.4 Å². The van der Waals surface area contributed by atoms with Crippen LogP contribution in [0.3, 0.4) is 0 Å². The minimum absolute atomic E-state index is 0.0492. The van der Waals surface area contributed by atoms with Gasteiger partial charge in [-0.15, -0.1) is 0 Å². The molecule has 35 heavy (non-hydrogen) atoms. The molecule has 188 valence electrons. The number of amides is 2. The van der Waals surface area contributed by atoms with E-state index in [9.17, 15) is 22.4 Å². The summed E-state index contributed by atoms with van der Waals surface area (Å²) in [6.45, 7) is 0.152. The Hall–Kier alpha value is -2.53. The van der Waals surface area contributed by atoms with Crippen LogP contribution in [0.5, 0.6) is 0 Å². The zero-order chi connectivity index (χ0) is 25.0. The van der Waals surface area contributed by atoms with Crippen molar-refractivity contribution in [2.24, 2.45) is 0 Å². The van der Waals surface area contributed by atoms with E-state index >= 15 is 0 Å². The van der Waals surface area contributed by atoms with Gasteiger partial charge in [-0.2, -0.15) is 17.4 Å². The van der Waals surface area contributed by atoms with Crippen LogP contribution in [0.15, 0.2) is 48.5 Å². The van der Waals surface area contributed by atoms with Gasteiger partial charge in [0.25, 0.3) is 10.2 Å². The maximum Gasteiger partial charge on any atom is 0.280 e. The highest BCUT2D eigenvalue weighted by atomic mass is 35.5. The first kappa shape index (κ1) is 25.6. The number of anilines is 1. The molecular formula is C24H28ClFN4O4S. The van der Waals surface area contributed by atoms with Crippen molar-refractivity contribution in [1.29, 1.82) is 0 Å². The van der Waals surface area contributed by atoms with Crippen molar-refractivity contribution in [2.75, 3.05) is 24.5 Å². The predicted molar refractivity (Wildman–Crippen MR) is 132 cm³/mol. The zero-order valence-electron chi connectivity index (χ0n) is 19.1. The molecule has 1 atom stereocenters. The van der Waals surface area contributed by atoms with E-state index in [1.807, 2.05) is 0 Å². The molecule has 0 radical (unpaired) electrons. The highest BCUT2D eigenvalue weighted by molar-refractivity contribution is 7.87. The largest absolute Gasteiger partial charge is 0.351 e. The van der Waals surface area contributed by atoms with Gasteiger partial charge < -0.3 is 5.32 Å². The number of nitrogens with one attached hydrogen (secondary N) is 2. The molecule has 0 bridgehead atoms. The molecule has 1 unspecified atom stereocenters. The number of benzene rings is 2. The Kier molecular flexibility index (Phi) is 8.05. The summed E-state index contributed by atoms with van der Waals surface area (Å²) in [5, 5.41) is 3.29. The third kappa shape index (κ3) is 6.38. The first-order valence-corrected chi connectivity index (χ1v) is 13.5. The summed E-state index contributed by atoms with van der Waals surface area (Å²) in [5.41, 5.74) is 0.471. The van der Waals surface area contributed by atoms with Crippen LogP contribution in [0.25, 0.3) is 0 Å². The van der Waals surface area contributed by atoms with E-state index in [0.717, 1.165) is 43.1 Å². The molecule has 2 aliphatic rings. The molecular weight excluding hydrogens is 495 g/mol. The average Bonchev–Trinajstić information content (AvgIpc) is 3.69. The lowest BCUT2D eigenvalue weighted by Gasteiger charge is -2.34. The third-order valence-corrected chi connectivity index (χ3v) is 8.06. The van der Waals surface area contributed by atoms with Gasteiger partial charge in [-0.25, -0.2) is 4.39 Å². The van der Waals surface area contributed by atoms with Crippen LogP contribution in [-0.2, 0) is 19.8 Å². The van der Waals surface area contributed by atoms with Crippen molar-refractivity contribution in [3.8, 4) is 0 Å². The summed E-state index contributed by atoms with van der Waals surface area (Å²) in [7, 11) is -3.81. The van der Waals surface area contributed by atoms with E-state index in [4.69, 9.17) is 11.6 Å². The van der Waals surface area contributed by atoms with Gasteiger partial charge in [-0.05, 0) is 37.1 Å². The molecule has 2 aromatic rings. The Bertz CT molecular complexity index is 1190. The molecule has 0 aromatic heterocycles. The van der Waals surface area contributed by atoms with Crippen LogP contribution in [0.4, 0.5) is 10.1 Å². The van der Waals surface area contributed by atoms with Gasteiger partial charge in [0.2, 0.25) is 11.8 Å². The van der Waals surface area contributed by atoms with Crippen molar-refractivity contribution in [2.45, 2.75) is 44.2 Å². The number of carbonyl (C=O) groups excluding carboxylic acids is 2. The zero-order valence-corrected chi connectivity index (χ0v) is 20.7. The topological polar surface area (TPSA) is 98.6 Å². The van der Waals surface area contributed by atoms with Gasteiger partial charge in [0.1, 0.15) is 11.9 Å². The fourth-order valence-electron chi connectivity index (χ4n) is 4.30. The van der Waals surface area contributed by atoms with Crippen molar-refractivity contribution in [1.82, 2.24) is 14.3 Å². The number of hydrogen-bond acceptors (Lipinski definition) is 4.